The number of hydrogen-bond donors (Lipinski definition) is 0. The molecule has 19 heavy (non-hydrogen) atoms. The number of morpholine rings is 1. The van der Waals surface area contributed by atoms with Crippen molar-refractivity contribution < 1.29 is 9.53 Å². The molecule has 0 spiro atoms. The van der Waals surface area contributed by atoms with Crippen molar-refractivity contribution in [3.05, 3.63) is 21.9 Å². The van der Waals surface area contributed by atoms with Crippen LogP contribution in [0.2, 0.25) is 0 Å². The van der Waals surface area contributed by atoms with Crippen molar-refractivity contribution in [2.75, 3.05) is 33.3 Å². The van der Waals surface area contributed by atoms with Gasteiger partial charge in [0.05, 0.1) is 23.6 Å². The number of carbonyl (C=O) groups is 1. The van der Waals surface area contributed by atoms with Crippen LogP contribution in [0.4, 0.5) is 0 Å². The zero-order chi connectivity index (χ0) is 13.4. The van der Waals surface area contributed by atoms with Crippen LogP contribution in [0.3, 0.4) is 0 Å². The second-order valence-corrected chi connectivity index (χ2v) is 6.35. The van der Waals surface area contributed by atoms with Gasteiger partial charge < -0.3 is 9.64 Å². The maximum atomic E-state index is 12.5. The van der Waals surface area contributed by atoms with Crippen LogP contribution in [0.5, 0.6) is 0 Å². The van der Waals surface area contributed by atoms with Crippen molar-refractivity contribution in [3.8, 4) is 0 Å². The number of aryl methyl sites for hydroxylation is 1. The number of carbonyl (C=O) groups excluding carboxylic acids is 1. The number of thiophene rings is 1. The van der Waals surface area contributed by atoms with E-state index in [-0.39, 0.29) is 5.91 Å². The highest BCUT2D eigenvalue weighted by Gasteiger charge is 2.37. The Kier molecular flexibility index (Phi) is 3.60. The van der Waals surface area contributed by atoms with Gasteiger partial charge in [-0.1, -0.05) is 0 Å². The molecule has 1 amide bonds. The molecule has 0 bridgehead atoms. The van der Waals surface area contributed by atoms with Gasteiger partial charge in [0.25, 0.3) is 5.91 Å². The van der Waals surface area contributed by atoms with Crippen molar-refractivity contribution >= 4 is 17.2 Å². The monoisotopic (exact) mass is 280 g/mol. The predicted octanol–water partition coefficient (Wildman–Crippen LogP) is 1.60. The third-order valence-electron chi connectivity index (χ3n) is 4.21. The molecule has 5 heteroatoms. The Bertz CT molecular complexity index is 474. The van der Waals surface area contributed by atoms with Gasteiger partial charge in [0.2, 0.25) is 0 Å². The topological polar surface area (TPSA) is 32.8 Å². The van der Waals surface area contributed by atoms with Crippen molar-refractivity contribution in [3.63, 3.8) is 0 Å². The van der Waals surface area contributed by atoms with Crippen LogP contribution in [-0.2, 0) is 4.74 Å². The summed E-state index contributed by atoms with van der Waals surface area (Å²) in [5.41, 5.74) is 1.09. The number of rotatable bonds is 1. The van der Waals surface area contributed by atoms with E-state index in [1.165, 1.54) is 0 Å². The molecule has 2 aliphatic rings. The van der Waals surface area contributed by atoms with Crippen LogP contribution >= 0.6 is 11.3 Å². The molecular formula is C14H20N2O2S. The fraction of sp³-hybridized carbons (Fsp3) is 0.643. The molecule has 0 N–H and O–H groups in total. The molecule has 1 aromatic rings. The lowest BCUT2D eigenvalue weighted by atomic mass is 9.99. The van der Waals surface area contributed by atoms with Crippen LogP contribution in [-0.4, -0.2) is 61.1 Å². The molecule has 2 saturated heterocycles. The lowest BCUT2D eigenvalue weighted by Crippen LogP contribution is -2.59. The van der Waals surface area contributed by atoms with Gasteiger partial charge in [-0.2, -0.15) is 0 Å². The number of ether oxygens (including phenoxy) is 1. The first-order valence-corrected chi connectivity index (χ1v) is 7.70. The van der Waals surface area contributed by atoms with E-state index in [1.807, 2.05) is 23.3 Å². The smallest absolute Gasteiger partial charge is 0.264 e. The first kappa shape index (κ1) is 13.1. The minimum Gasteiger partial charge on any atom is -0.375 e. The number of likely N-dealkylation sites (tertiary alicyclic amines) is 1. The van der Waals surface area contributed by atoms with E-state index in [0.717, 1.165) is 43.1 Å². The van der Waals surface area contributed by atoms with Crippen molar-refractivity contribution in [1.82, 2.24) is 9.80 Å². The van der Waals surface area contributed by atoms with E-state index in [0.29, 0.717) is 12.1 Å². The molecule has 2 atom stereocenters. The minimum absolute atomic E-state index is 0.185. The second kappa shape index (κ2) is 5.23. The second-order valence-electron chi connectivity index (χ2n) is 5.43. The SMILES string of the molecule is Cc1ccsc1C(=O)N1CC[C@@H]2OCCN(C)[C@H]2C1. The highest BCUT2D eigenvalue weighted by atomic mass is 32.1. The van der Waals surface area contributed by atoms with Gasteiger partial charge in [-0.25, -0.2) is 0 Å². The van der Waals surface area contributed by atoms with E-state index in [9.17, 15) is 4.79 Å². The first-order valence-electron chi connectivity index (χ1n) is 6.82. The van der Waals surface area contributed by atoms with Gasteiger partial charge in [0.1, 0.15) is 0 Å². The Labute approximate surface area is 118 Å². The van der Waals surface area contributed by atoms with Gasteiger partial charge >= 0.3 is 0 Å². The molecular weight excluding hydrogens is 260 g/mol. The Hall–Kier alpha value is -0.910. The van der Waals surface area contributed by atoms with E-state index in [1.54, 1.807) is 11.3 Å². The highest BCUT2D eigenvalue weighted by molar-refractivity contribution is 7.12. The Morgan fingerprint density at radius 1 is 1.47 bits per heavy atom. The molecule has 2 aliphatic heterocycles. The summed E-state index contributed by atoms with van der Waals surface area (Å²) in [5, 5.41) is 1.99. The molecule has 0 aromatic carbocycles. The molecule has 3 heterocycles. The summed E-state index contributed by atoms with van der Waals surface area (Å²) in [5.74, 6) is 0.185. The van der Waals surface area contributed by atoms with Gasteiger partial charge in [0, 0.05) is 19.6 Å². The number of fused-ring (bicyclic) bond motifs is 1. The maximum absolute atomic E-state index is 12.5. The Morgan fingerprint density at radius 3 is 3.05 bits per heavy atom. The van der Waals surface area contributed by atoms with Crippen LogP contribution in [0.1, 0.15) is 21.7 Å². The number of piperidine rings is 1. The summed E-state index contributed by atoms with van der Waals surface area (Å²) in [4.78, 5) is 17.7. The molecule has 2 fully saturated rings. The molecule has 0 saturated carbocycles. The minimum atomic E-state index is 0.185. The van der Waals surface area contributed by atoms with Gasteiger partial charge in [-0.3, -0.25) is 9.69 Å². The van der Waals surface area contributed by atoms with Gasteiger partial charge in [-0.05, 0) is 37.4 Å². The number of nitrogens with zero attached hydrogens (tertiary/aromatic N) is 2. The Balaban J connectivity index is 1.73. The summed E-state index contributed by atoms with van der Waals surface area (Å²) in [7, 11) is 2.13. The molecule has 104 valence electrons. The average Bonchev–Trinajstić information content (AvgIpc) is 2.84. The summed E-state index contributed by atoms with van der Waals surface area (Å²) in [6.07, 6.45) is 1.25. The fourth-order valence-electron chi connectivity index (χ4n) is 2.96. The lowest BCUT2D eigenvalue weighted by molar-refractivity contribution is -0.0893. The van der Waals surface area contributed by atoms with Crippen LogP contribution in [0.15, 0.2) is 11.4 Å². The van der Waals surface area contributed by atoms with E-state index < -0.39 is 0 Å². The number of amides is 1. The summed E-state index contributed by atoms with van der Waals surface area (Å²) >= 11 is 1.55. The van der Waals surface area contributed by atoms with Crippen LogP contribution in [0, 0.1) is 6.92 Å². The van der Waals surface area contributed by atoms with E-state index in [4.69, 9.17) is 4.74 Å². The largest absolute Gasteiger partial charge is 0.375 e. The van der Waals surface area contributed by atoms with Gasteiger partial charge in [-0.15, -0.1) is 11.3 Å². The van der Waals surface area contributed by atoms with E-state index >= 15 is 0 Å². The molecule has 0 radical (unpaired) electrons. The maximum Gasteiger partial charge on any atom is 0.264 e. The number of likely N-dealkylation sites (N-methyl/N-ethyl adjacent to an activating group) is 1. The third kappa shape index (κ3) is 2.42. The molecule has 3 rings (SSSR count). The summed E-state index contributed by atoms with van der Waals surface area (Å²) in [6, 6.07) is 2.37. The zero-order valence-electron chi connectivity index (χ0n) is 11.5. The number of hydrogen-bond acceptors (Lipinski definition) is 4. The van der Waals surface area contributed by atoms with Crippen molar-refractivity contribution in [2.45, 2.75) is 25.5 Å². The molecule has 0 aliphatic carbocycles. The summed E-state index contributed by atoms with van der Waals surface area (Å²) in [6.45, 7) is 5.38. The normalized spacial score (nSPS) is 28.2. The Morgan fingerprint density at radius 2 is 2.32 bits per heavy atom. The third-order valence-corrected chi connectivity index (χ3v) is 5.21. The fourth-order valence-corrected chi connectivity index (χ4v) is 3.85. The zero-order valence-corrected chi connectivity index (χ0v) is 12.3. The first-order chi connectivity index (χ1) is 9.16. The van der Waals surface area contributed by atoms with E-state index in [2.05, 4.69) is 11.9 Å². The molecule has 4 nitrogen and oxygen atoms in total. The summed E-state index contributed by atoms with van der Waals surface area (Å²) < 4.78 is 5.82. The average molecular weight is 280 g/mol. The van der Waals surface area contributed by atoms with Crippen molar-refractivity contribution in [1.29, 1.82) is 0 Å². The predicted molar refractivity (Wildman–Crippen MR) is 75.7 cm³/mol. The van der Waals surface area contributed by atoms with Gasteiger partial charge in [0.15, 0.2) is 0 Å². The lowest BCUT2D eigenvalue weighted by Gasteiger charge is -2.45. The van der Waals surface area contributed by atoms with Crippen LogP contribution in [0.25, 0.3) is 0 Å². The molecule has 1 aromatic heterocycles. The van der Waals surface area contributed by atoms with Crippen molar-refractivity contribution in [2.24, 2.45) is 0 Å². The van der Waals surface area contributed by atoms with Crippen LogP contribution < -0.4 is 0 Å². The quantitative estimate of drug-likeness (QED) is 0.783. The molecule has 0 unspecified atom stereocenters. The standard InChI is InChI=1S/C14H20N2O2S/c1-10-4-8-19-13(10)14(17)16-5-3-12-11(9-16)15(2)6-7-18-12/h4,8,11-12H,3,5-7,9H2,1-2H3/t11-,12-/m0/s1. The highest BCUT2D eigenvalue weighted by Crippen LogP contribution is 2.25.